The Morgan fingerprint density at radius 2 is 2.44 bits per heavy atom. The smallest absolute Gasteiger partial charge is 0.254 e. The van der Waals surface area contributed by atoms with Crippen molar-refractivity contribution in [2.45, 2.75) is 0 Å². The molecule has 44 valence electrons. The molecule has 1 aromatic heterocycles. The fourth-order valence-corrected chi connectivity index (χ4v) is 0.501. The summed E-state index contributed by atoms with van der Waals surface area (Å²) in [7, 11) is 0. The first-order valence-corrected chi connectivity index (χ1v) is 2.40. The van der Waals surface area contributed by atoms with Crippen molar-refractivity contribution in [3.8, 4) is 0 Å². The van der Waals surface area contributed by atoms with Gasteiger partial charge in [-0.05, 0) is 6.07 Å². The molecule has 0 atom stereocenters. The Labute approximate surface area is 51.8 Å². The summed E-state index contributed by atoms with van der Waals surface area (Å²) in [5, 5.41) is 0. The van der Waals surface area contributed by atoms with Crippen LogP contribution in [0.4, 0.5) is 5.69 Å². The number of pyridine rings is 1. The van der Waals surface area contributed by atoms with E-state index in [9.17, 15) is 4.79 Å². The standard InChI is InChI=1S/C6H4N2O/c1-7-5-3-2-4-8-6(5)9/h2-4H,(H,8,9). The molecule has 0 aliphatic heterocycles. The number of nitrogens with zero attached hydrogens (tertiary/aromatic N) is 1. The highest BCUT2D eigenvalue weighted by Gasteiger charge is 1.91. The predicted molar refractivity (Wildman–Crippen MR) is 33.3 cm³/mol. The molecule has 0 unspecified atom stereocenters. The van der Waals surface area contributed by atoms with E-state index in [0.717, 1.165) is 0 Å². The Kier molecular flexibility index (Phi) is 1.32. The molecule has 9 heavy (non-hydrogen) atoms. The molecule has 0 aliphatic carbocycles. The SMILES string of the molecule is [C-]#[N+]c1ccc[nH]c1=O. The van der Waals surface area contributed by atoms with Crippen LogP contribution in [-0.2, 0) is 0 Å². The van der Waals surface area contributed by atoms with Crippen LogP contribution in [0.3, 0.4) is 0 Å². The molecule has 1 aromatic rings. The van der Waals surface area contributed by atoms with E-state index in [0.29, 0.717) is 0 Å². The second-order valence-electron chi connectivity index (χ2n) is 1.50. The van der Waals surface area contributed by atoms with Crippen LogP contribution in [-0.4, -0.2) is 4.98 Å². The minimum Gasteiger partial charge on any atom is -0.338 e. The highest BCUT2D eigenvalue weighted by molar-refractivity contribution is 5.40. The fourth-order valence-electron chi connectivity index (χ4n) is 0.501. The lowest BCUT2D eigenvalue weighted by molar-refractivity contribution is 1.25. The number of hydrogen-bond acceptors (Lipinski definition) is 1. The normalized spacial score (nSPS) is 8.33. The Morgan fingerprint density at radius 3 is 2.89 bits per heavy atom. The van der Waals surface area contributed by atoms with Crippen molar-refractivity contribution in [2.75, 3.05) is 0 Å². The summed E-state index contributed by atoms with van der Waals surface area (Å²) < 4.78 is 0. The van der Waals surface area contributed by atoms with E-state index in [1.165, 1.54) is 12.3 Å². The van der Waals surface area contributed by atoms with Gasteiger partial charge in [-0.2, -0.15) is 0 Å². The number of rotatable bonds is 0. The van der Waals surface area contributed by atoms with E-state index in [1.54, 1.807) is 6.07 Å². The summed E-state index contributed by atoms with van der Waals surface area (Å²) >= 11 is 0. The molecule has 0 bridgehead atoms. The first-order valence-electron chi connectivity index (χ1n) is 2.40. The minimum absolute atomic E-state index is 0.137. The number of aromatic nitrogens is 1. The number of aromatic amines is 1. The summed E-state index contributed by atoms with van der Waals surface area (Å²) in [5.74, 6) is 0. The van der Waals surface area contributed by atoms with Crippen LogP contribution in [0.25, 0.3) is 4.85 Å². The average molecular weight is 120 g/mol. The van der Waals surface area contributed by atoms with Crippen molar-refractivity contribution in [1.82, 2.24) is 4.98 Å². The van der Waals surface area contributed by atoms with Crippen molar-refractivity contribution in [1.29, 1.82) is 0 Å². The molecule has 0 amide bonds. The molecule has 0 fully saturated rings. The Balaban J connectivity index is 3.38. The van der Waals surface area contributed by atoms with Gasteiger partial charge in [0.25, 0.3) is 5.56 Å². The van der Waals surface area contributed by atoms with Gasteiger partial charge in [-0.15, -0.1) is 0 Å². The van der Waals surface area contributed by atoms with Crippen molar-refractivity contribution in [3.63, 3.8) is 0 Å². The summed E-state index contributed by atoms with van der Waals surface area (Å²) in [6, 6.07) is 3.10. The van der Waals surface area contributed by atoms with Crippen LogP contribution in [0.15, 0.2) is 23.1 Å². The quantitative estimate of drug-likeness (QED) is 0.508. The monoisotopic (exact) mass is 120 g/mol. The van der Waals surface area contributed by atoms with Gasteiger partial charge in [-0.25, -0.2) is 4.85 Å². The second-order valence-corrected chi connectivity index (χ2v) is 1.50. The molecular formula is C6H4N2O. The lowest BCUT2D eigenvalue weighted by atomic mass is 10.4. The first kappa shape index (κ1) is 5.57. The van der Waals surface area contributed by atoms with Gasteiger partial charge >= 0.3 is 0 Å². The lowest BCUT2D eigenvalue weighted by Gasteiger charge is -1.81. The number of nitrogens with one attached hydrogen (secondary N) is 1. The van der Waals surface area contributed by atoms with Crippen LogP contribution in [0.2, 0.25) is 0 Å². The highest BCUT2D eigenvalue weighted by Crippen LogP contribution is 1.98. The van der Waals surface area contributed by atoms with Gasteiger partial charge in [0.05, 0.1) is 6.57 Å². The van der Waals surface area contributed by atoms with Gasteiger partial charge in [0.1, 0.15) is 0 Å². The Bertz CT molecular complexity index is 294. The Hall–Kier alpha value is -1.56. The van der Waals surface area contributed by atoms with Gasteiger partial charge < -0.3 is 4.98 Å². The maximum absolute atomic E-state index is 10.6. The van der Waals surface area contributed by atoms with Crippen molar-refractivity contribution in [3.05, 3.63) is 40.1 Å². The summed E-state index contributed by atoms with van der Waals surface area (Å²) in [6.45, 7) is 6.49. The third kappa shape index (κ3) is 0.970. The summed E-state index contributed by atoms with van der Waals surface area (Å²) in [4.78, 5) is 15.9. The van der Waals surface area contributed by atoms with Crippen LogP contribution in [0.1, 0.15) is 0 Å². The zero-order chi connectivity index (χ0) is 6.69. The van der Waals surface area contributed by atoms with Crippen molar-refractivity contribution >= 4 is 5.69 Å². The van der Waals surface area contributed by atoms with Gasteiger partial charge in [0, 0.05) is 6.20 Å². The topological polar surface area (TPSA) is 37.2 Å². The number of H-pyrrole nitrogens is 1. The second kappa shape index (κ2) is 2.14. The molecule has 1 heterocycles. The molecule has 3 nitrogen and oxygen atoms in total. The Morgan fingerprint density at radius 1 is 1.67 bits per heavy atom. The molecule has 0 radical (unpaired) electrons. The molecule has 0 aliphatic rings. The maximum atomic E-state index is 10.6. The third-order valence-corrected chi connectivity index (χ3v) is 0.918. The van der Waals surface area contributed by atoms with Gasteiger partial charge in [0.2, 0.25) is 5.69 Å². The molecule has 0 saturated carbocycles. The van der Waals surface area contributed by atoms with Crippen LogP contribution in [0, 0.1) is 6.57 Å². The van der Waals surface area contributed by atoms with E-state index in [1.807, 2.05) is 0 Å². The largest absolute Gasteiger partial charge is 0.338 e. The van der Waals surface area contributed by atoms with E-state index in [-0.39, 0.29) is 11.2 Å². The third-order valence-electron chi connectivity index (χ3n) is 0.918. The number of hydrogen-bond donors (Lipinski definition) is 1. The summed E-state index contributed by atoms with van der Waals surface area (Å²) in [6.07, 6.45) is 1.50. The molecule has 0 saturated heterocycles. The van der Waals surface area contributed by atoms with E-state index < -0.39 is 0 Å². The lowest BCUT2D eigenvalue weighted by Crippen LogP contribution is -2.00. The van der Waals surface area contributed by atoms with Gasteiger partial charge in [0.15, 0.2) is 0 Å². The zero-order valence-electron chi connectivity index (χ0n) is 4.59. The maximum Gasteiger partial charge on any atom is 0.254 e. The van der Waals surface area contributed by atoms with Gasteiger partial charge in [-0.3, -0.25) is 4.79 Å². The predicted octanol–water partition coefficient (Wildman–Crippen LogP) is 0.926. The van der Waals surface area contributed by atoms with E-state index in [4.69, 9.17) is 6.57 Å². The molecule has 1 N–H and O–H groups in total. The molecular weight excluding hydrogens is 116 g/mol. The molecule has 0 aromatic carbocycles. The minimum atomic E-state index is -0.326. The van der Waals surface area contributed by atoms with Crippen LogP contribution >= 0.6 is 0 Å². The first-order chi connectivity index (χ1) is 4.34. The highest BCUT2D eigenvalue weighted by atomic mass is 16.1. The van der Waals surface area contributed by atoms with Crippen molar-refractivity contribution in [2.24, 2.45) is 0 Å². The molecule has 3 heteroatoms. The fraction of sp³-hybridized carbons (Fsp3) is 0. The van der Waals surface area contributed by atoms with E-state index in [2.05, 4.69) is 9.83 Å². The summed E-state index contributed by atoms with van der Waals surface area (Å²) in [5.41, 5.74) is -0.190. The average Bonchev–Trinajstić information content (AvgIpc) is 1.89. The van der Waals surface area contributed by atoms with Gasteiger partial charge in [-0.1, -0.05) is 6.07 Å². The zero-order valence-corrected chi connectivity index (χ0v) is 4.59. The van der Waals surface area contributed by atoms with Crippen LogP contribution in [0.5, 0.6) is 0 Å². The van der Waals surface area contributed by atoms with E-state index >= 15 is 0 Å². The molecule has 0 spiro atoms. The van der Waals surface area contributed by atoms with Crippen LogP contribution < -0.4 is 5.56 Å². The van der Waals surface area contributed by atoms with Crippen molar-refractivity contribution < 1.29 is 0 Å². The molecule has 1 rings (SSSR count).